The zero-order chi connectivity index (χ0) is 17.6. The fourth-order valence-electron chi connectivity index (χ4n) is 2.50. The average Bonchev–Trinajstić information content (AvgIpc) is 2.64. The molecular formula is C22H22N2O. The van der Waals surface area contributed by atoms with Gasteiger partial charge < -0.3 is 4.74 Å². The summed E-state index contributed by atoms with van der Waals surface area (Å²) < 4.78 is 5.99. The van der Waals surface area contributed by atoms with Crippen LogP contribution >= 0.6 is 0 Å². The van der Waals surface area contributed by atoms with Crippen molar-refractivity contribution in [3.8, 4) is 5.75 Å². The molecule has 0 heterocycles. The summed E-state index contributed by atoms with van der Waals surface area (Å²) in [6, 6.07) is 22.1. The Kier molecular flexibility index (Phi) is 5.24. The second kappa shape index (κ2) is 7.75. The van der Waals surface area contributed by atoms with E-state index in [4.69, 9.17) is 4.74 Å². The Morgan fingerprint density at radius 2 is 1.44 bits per heavy atom. The lowest BCUT2D eigenvalue weighted by Gasteiger charge is -2.12. The fourth-order valence-corrected chi connectivity index (χ4v) is 2.50. The Labute approximate surface area is 149 Å². The summed E-state index contributed by atoms with van der Waals surface area (Å²) >= 11 is 0. The highest BCUT2D eigenvalue weighted by atomic mass is 16.5. The zero-order valence-electron chi connectivity index (χ0n) is 14.9. The molecule has 0 aromatic heterocycles. The van der Waals surface area contributed by atoms with Gasteiger partial charge in [-0.05, 0) is 61.7 Å². The maximum absolute atomic E-state index is 5.99. The molecule has 0 unspecified atom stereocenters. The van der Waals surface area contributed by atoms with Crippen LogP contribution in [0.5, 0.6) is 5.75 Å². The first-order valence-corrected chi connectivity index (χ1v) is 8.39. The Morgan fingerprint density at radius 1 is 0.720 bits per heavy atom. The number of azo groups is 1. The Morgan fingerprint density at radius 3 is 2.16 bits per heavy atom. The highest BCUT2D eigenvalue weighted by molar-refractivity contribution is 5.54. The first-order valence-electron chi connectivity index (χ1n) is 8.39. The third-order valence-corrected chi connectivity index (χ3v) is 4.25. The van der Waals surface area contributed by atoms with Crippen LogP contribution in [0.25, 0.3) is 0 Å². The molecule has 0 aliphatic rings. The molecular weight excluding hydrogens is 308 g/mol. The van der Waals surface area contributed by atoms with Crippen LogP contribution in [0, 0.1) is 20.8 Å². The molecule has 0 N–H and O–H groups in total. The van der Waals surface area contributed by atoms with Gasteiger partial charge in [-0.1, -0.05) is 48.0 Å². The molecule has 0 radical (unpaired) electrons. The van der Waals surface area contributed by atoms with Crippen LogP contribution in [0.4, 0.5) is 11.4 Å². The molecule has 0 aliphatic carbocycles. The fraction of sp³-hybridized carbons (Fsp3) is 0.182. The molecule has 3 aromatic rings. The number of ether oxygens (including phenoxy) is 1. The van der Waals surface area contributed by atoms with E-state index in [9.17, 15) is 0 Å². The average molecular weight is 330 g/mol. The van der Waals surface area contributed by atoms with Crippen molar-refractivity contribution in [1.29, 1.82) is 0 Å². The predicted molar refractivity (Wildman–Crippen MR) is 102 cm³/mol. The lowest BCUT2D eigenvalue weighted by atomic mass is 10.1. The number of hydrogen-bond donors (Lipinski definition) is 0. The number of aryl methyl sites for hydroxylation is 1. The van der Waals surface area contributed by atoms with Gasteiger partial charge in [-0.15, -0.1) is 0 Å². The molecule has 0 saturated carbocycles. The Balaban J connectivity index is 1.73. The monoisotopic (exact) mass is 330 g/mol. The Hall–Kier alpha value is -2.94. The van der Waals surface area contributed by atoms with E-state index in [1.807, 2.05) is 49.4 Å². The van der Waals surface area contributed by atoms with Gasteiger partial charge in [-0.2, -0.15) is 10.2 Å². The van der Waals surface area contributed by atoms with E-state index >= 15 is 0 Å². The van der Waals surface area contributed by atoms with Crippen molar-refractivity contribution >= 4 is 11.4 Å². The summed E-state index contributed by atoms with van der Waals surface area (Å²) in [5.41, 5.74) is 6.31. The zero-order valence-corrected chi connectivity index (χ0v) is 14.9. The maximum Gasteiger partial charge on any atom is 0.123 e. The third kappa shape index (κ3) is 4.32. The molecule has 0 spiro atoms. The maximum atomic E-state index is 5.99. The summed E-state index contributed by atoms with van der Waals surface area (Å²) in [5.74, 6) is 0.886. The number of nitrogens with zero attached hydrogens (tertiary/aromatic N) is 2. The highest BCUT2D eigenvalue weighted by Crippen LogP contribution is 2.31. The molecule has 0 aliphatic heterocycles. The van der Waals surface area contributed by atoms with Gasteiger partial charge >= 0.3 is 0 Å². The molecule has 25 heavy (non-hydrogen) atoms. The van der Waals surface area contributed by atoms with E-state index in [0.29, 0.717) is 6.61 Å². The van der Waals surface area contributed by atoms with Crippen molar-refractivity contribution < 1.29 is 4.74 Å². The van der Waals surface area contributed by atoms with Crippen LogP contribution < -0.4 is 4.74 Å². The SMILES string of the molecule is Cc1ccc(COc2ccc(N=Nc3ccccc3)c(C)c2C)cc1. The number of benzene rings is 3. The van der Waals surface area contributed by atoms with Gasteiger partial charge in [-0.3, -0.25) is 0 Å². The molecule has 126 valence electrons. The van der Waals surface area contributed by atoms with E-state index in [2.05, 4.69) is 48.3 Å². The van der Waals surface area contributed by atoms with E-state index in [0.717, 1.165) is 33.8 Å². The van der Waals surface area contributed by atoms with Crippen LogP contribution in [0.1, 0.15) is 22.3 Å². The van der Waals surface area contributed by atoms with Crippen molar-refractivity contribution in [2.24, 2.45) is 10.2 Å². The molecule has 0 saturated heterocycles. The number of hydrogen-bond acceptors (Lipinski definition) is 3. The van der Waals surface area contributed by atoms with Crippen LogP contribution in [0.3, 0.4) is 0 Å². The molecule has 3 nitrogen and oxygen atoms in total. The normalized spacial score (nSPS) is 11.0. The summed E-state index contributed by atoms with van der Waals surface area (Å²) in [7, 11) is 0. The van der Waals surface area contributed by atoms with Crippen molar-refractivity contribution in [3.63, 3.8) is 0 Å². The highest BCUT2D eigenvalue weighted by Gasteiger charge is 2.07. The van der Waals surface area contributed by atoms with Gasteiger partial charge in [0.25, 0.3) is 0 Å². The molecule has 0 bridgehead atoms. The van der Waals surface area contributed by atoms with Gasteiger partial charge in [0.05, 0.1) is 11.4 Å². The van der Waals surface area contributed by atoms with E-state index in [-0.39, 0.29) is 0 Å². The van der Waals surface area contributed by atoms with Crippen molar-refractivity contribution in [3.05, 3.63) is 89.0 Å². The van der Waals surface area contributed by atoms with Crippen LogP contribution in [-0.4, -0.2) is 0 Å². The first-order chi connectivity index (χ1) is 12.1. The molecule has 3 aromatic carbocycles. The molecule has 0 fully saturated rings. The van der Waals surface area contributed by atoms with Crippen molar-refractivity contribution in [1.82, 2.24) is 0 Å². The topological polar surface area (TPSA) is 34.0 Å². The summed E-state index contributed by atoms with van der Waals surface area (Å²) in [5, 5.41) is 8.67. The summed E-state index contributed by atoms with van der Waals surface area (Å²) in [6.07, 6.45) is 0. The van der Waals surface area contributed by atoms with Crippen LogP contribution in [0.15, 0.2) is 77.0 Å². The lowest BCUT2D eigenvalue weighted by Crippen LogP contribution is -1.98. The molecule has 0 atom stereocenters. The Bertz CT molecular complexity index is 869. The van der Waals surface area contributed by atoms with Crippen LogP contribution in [-0.2, 0) is 6.61 Å². The second-order valence-electron chi connectivity index (χ2n) is 6.14. The van der Waals surface area contributed by atoms with Gasteiger partial charge in [0.15, 0.2) is 0 Å². The second-order valence-corrected chi connectivity index (χ2v) is 6.14. The molecule has 3 heteroatoms. The van der Waals surface area contributed by atoms with Crippen molar-refractivity contribution in [2.45, 2.75) is 27.4 Å². The first kappa shape index (κ1) is 16.9. The molecule has 3 rings (SSSR count). The number of rotatable bonds is 5. The minimum atomic E-state index is 0.561. The van der Waals surface area contributed by atoms with E-state index in [1.165, 1.54) is 5.56 Å². The van der Waals surface area contributed by atoms with Gasteiger partial charge in [0, 0.05) is 0 Å². The minimum absolute atomic E-state index is 0.561. The summed E-state index contributed by atoms with van der Waals surface area (Å²) in [4.78, 5) is 0. The smallest absolute Gasteiger partial charge is 0.123 e. The van der Waals surface area contributed by atoms with Gasteiger partial charge in [0.1, 0.15) is 12.4 Å². The van der Waals surface area contributed by atoms with Crippen LogP contribution in [0.2, 0.25) is 0 Å². The molecule has 0 amide bonds. The van der Waals surface area contributed by atoms with E-state index in [1.54, 1.807) is 0 Å². The quantitative estimate of drug-likeness (QED) is 0.485. The largest absolute Gasteiger partial charge is 0.489 e. The minimum Gasteiger partial charge on any atom is -0.489 e. The predicted octanol–water partition coefficient (Wildman–Crippen LogP) is 6.61. The van der Waals surface area contributed by atoms with Gasteiger partial charge in [0.2, 0.25) is 0 Å². The summed E-state index contributed by atoms with van der Waals surface area (Å²) in [6.45, 7) is 6.75. The van der Waals surface area contributed by atoms with Gasteiger partial charge in [-0.25, -0.2) is 0 Å². The van der Waals surface area contributed by atoms with Crippen molar-refractivity contribution in [2.75, 3.05) is 0 Å². The third-order valence-electron chi connectivity index (χ3n) is 4.25. The van der Waals surface area contributed by atoms with E-state index < -0.39 is 0 Å². The lowest BCUT2D eigenvalue weighted by molar-refractivity contribution is 0.304. The standard InChI is InChI=1S/C22H22N2O/c1-16-9-11-19(12-10-16)15-25-22-14-13-21(17(2)18(22)3)24-23-20-7-5-4-6-8-20/h4-14H,15H2,1-3H3.